The first-order chi connectivity index (χ1) is 43.1. The molecule has 436 valence electrons. The molecular weight excluding hydrogens is 1070 g/mol. The van der Waals surface area contributed by atoms with Crippen LogP contribution in [0.2, 0.25) is 0 Å². The standard InChI is InChI=1S/C84H78N2O2/c1-7-54-23-13-15-35-64(54)60-31-17-32-61(47-60)66-37-21-41-76(82(66)87)85(62-33-18-29-58(48-62)52(3)4)78-50-74(56-25-9-10-26-56)67-44-46-73-79(51-75(57-27-11-12-28-57)68-43-45-72(78)80(67)81(68)73)86(63-34-19-30-59(49-63)53(5)6)77-42-22-40-71-70-39-20-38-69(83(70)88-84(71)77)65-36-16-14-24-55(65)8-2/h13-24,29-53,56-57,87H,7-12,25-28H2,1-6H3. The highest BCUT2D eigenvalue weighted by molar-refractivity contribution is 6.30. The Morgan fingerprint density at radius 3 is 1.41 bits per heavy atom. The maximum absolute atomic E-state index is 13.3. The van der Waals surface area contributed by atoms with E-state index in [1.165, 1.54) is 103 Å². The Morgan fingerprint density at radius 2 is 0.830 bits per heavy atom. The van der Waals surface area contributed by atoms with Crippen LogP contribution in [-0.4, -0.2) is 5.11 Å². The second kappa shape index (κ2) is 22.9. The predicted molar refractivity (Wildman–Crippen MR) is 374 cm³/mol. The van der Waals surface area contributed by atoms with Crippen molar-refractivity contribution in [2.24, 2.45) is 0 Å². The van der Waals surface area contributed by atoms with Gasteiger partial charge in [-0.3, -0.25) is 0 Å². The van der Waals surface area contributed by atoms with Crippen LogP contribution >= 0.6 is 0 Å². The first-order valence-corrected chi connectivity index (χ1v) is 32.8. The Hall–Kier alpha value is -9.12. The second-order valence-corrected chi connectivity index (χ2v) is 25.9. The topological polar surface area (TPSA) is 39.9 Å². The third kappa shape index (κ3) is 9.41. The minimum absolute atomic E-state index is 0.262. The normalized spacial score (nSPS) is 14.1. The van der Waals surface area contributed by atoms with E-state index < -0.39 is 0 Å². The van der Waals surface area contributed by atoms with Crippen LogP contribution in [0.15, 0.2) is 217 Å². The lowest BCUT2D eigenvalue weighted by atomic mass is 9.82. The average molecular weight is 1150 g/mol. The highest BCUT2D eigenvalue weighted by Crippen LogP contribution is 2.56. The molecule has 4 heteroatoms. The summed E-state index contributed by atoms with van der Waals surface area (Å²) in [5.41, 5.74) is 22.5. The number of hydrogen-bond donors (Lipinski definition) is 1. The molecule has 0 atom stereocenters. The Morgan fingerprint density at radius 1 is 0.386 bits per heavy atom. The molecule has 2 aliphatic rings. The van der Waals surface area contributed by atoms with Crippen molar-refractivity contribution >= 4 is 88.4 Å². The maximum atomic E-state index is 13.3. The number of furan rings is 1. The molecular formula is C84H78N2O2. The van der Waals surface area contributed by atoms with E-state index >= 15 is 0 Å². The van der Waals surface area contributed by atoms with Gasteiger partial charge >= 0.3 is 0 Å². The molecule has 1 heterocycles. The van der Waals surface area contributed by atoms with Gasteiger partial charge in [-0.25, -0.2) is 0 Å². The van der Waals surface area contributed by atoms with Crippen LogP contribution in [0, 0.1) is 0 Å². The molecule has 13 aromatic rings. The zero-order chi connectivity index (χ0) is 59.7. The van der Waals surface area contributed by atoms with Crippen LogP contribution in [-0.2, 0) is 12.8 Å². The molecule has 2 saturated carbocycles. The molecule has 1 aromatic heterocycles. The second-order valence-electron chi connectivity index (χ2n) is 25.9. The van der Waals surface area contributed by atoms with Gasteiger partial charge in [0.1, 0.15) is 11.3 Å². The van der Waals surface area contributed by atoms with Crippen LogP contribution in [0.3, 0.4) is 0 Å². The van der Waals surface area contributed by atoms with Gasteiger partial charge in [-0.05, 0) is 194 Å². The molecule has 2 aliphatic carbocycles. The van der Waals surface area contributed by atoms with Crippen LogP contribution in [0.1, 0.15) is 150 Å². The van der Waals surface area contributed by atoms with Gasteiger partial charge in [-0.15, -0.1) is 0 Å². The van der Waals surface area contributed by atoms with Crippen LogP contribution in [0.5, 0.6) is 5.75 Å². The largest absolute Gasteiger partial charge is 0.505 e. The van der Waals surface area contributed by atoms with E-state index in [0.29, 0.717) is 23.7 Å². The fourth-order valence-electron chi connectivity index (χ4n) is 15.6. The number of para-hydroxylation sites is 3. The molecule has 0 saturated heterocycles. The molecule has 0 amide bonds. The van der Waals surface area contributed by atoms with Crippen LogP contribution < -0.4 is 9.80 Å². The van der Waals surface area contributed by atoms with E-state index in [1.807, 2.05) is 0 Å². The SMILES string of the molecule is CCc1ccccc1-c1cccc(-c2cccc(N(c3cccc(C(C)C)c3)c3cc(C4CCCC4)c4ccc5c(N(c6cccc(C(C)C)c6)c6cccc7c6oc6c(-c8ccccc8CC)cccc67)cc(C6CCCC6)c6ccc3c4c65)c2O)c1. The smallest absolute Gasteiger partial charge is 0.159 e. The van der Waals surface area contributed by atoms with Crippen molar-refractivity contribution in [3.05, 3.63) is 246 Å². The van der Waals surface area contributed by atoms with Crippen molar-refractivity contribution in [1.82, 2.24) is 0 Å². The van der Waals surface area contributed by atoms with Gasteiger partial charge in [-0.2, -0.15) is 0 Å². The first-order valence-electron chi connectivity index (χ1n) is 32.8. The number of aromatic hydroxyl groups is 1. The van der Waals surface area contributed by atoms with E-state index in [4.69, 9.17) is 4.42 Å². The Labute approximate surface area is 519 Å². The fourth-order valence-corrected chi connectivity index (χ4v) is 15.6. The summed E-state index contributed by atoms with van der Waals surface area (Å²) < 4.78 is 7.46. The van der Waals surface area contributed by atoms with Crippen molar-refractivity contribution in [2.45, 2.75) is 129 Å². The van der Waals surface area contributed by atoms with Gasteiger partial charge in [-0.1, -0.05) is 225 Å². The number of fused-ring (bicyclic) bond motifs is 3. The molecule has 12 aromatic carbocycles. The number of rotatable bonds is 15. The van der Waals surface area contributed by atoms with E-state index in [-0.39, 0.29) is 5.75 Å². The summed E-state index contributed by atoms with van der Waals surface area (Å²) in [6, 6.07) is 79.4. The van der Waals surface area contributed by atoms with Gasteiger partial charge in [0, 0.05) is 44.0 Å². The molecule has 0 aliphatic heterocycles. The van der Waals surface area contributed by atoms with Gasteiger partial charge in [0.15, 0.2) is 5.58 Å². The molecule has 0 radical (unpaired) electrons. The van der Waals surface area contributed by atoms with E-state index in [0.717, 1.165) is 117 Å². The quantitative estimate of drug-likeness (QED) is 0.104. The molecule has 15 rings (SSSR count). The van der Waals surface area contributed by atoms with Gasteiger partial charge in [0.05, 0.1) is 22.7 Å². The monoisotopic (exact) mass is 1150 g/mol. The number of aryl methyl sites for hydroxylation is 2. The summed E-state index contributed by atoms with van der Waals surface area (Å²) in [5, 5.41) is 23.2. The number of anilines is 6. The van der Waals surface area contributed by atoms with Gasteiger partial charge in [0.25, 0.3) is 0 Å². The minimum atomic E-state index is 0.262. The highest BCUT2D eigenvalue weighted by atomic mass is 16.3. The van der Waals surface area contributed by atoms with Crippen molar-refractivity contribution in [3.8, 4) is 39.1 Å². The Balaban J connectivity index is 1.02. The number of nitrogens with zero attached hydrogens (tertiary/aromatic N) is 2. The van der Waals surface area contributed by atoms with Crippen molar-refractivity contribution in [3.63, 3.8) is 0 Å². The highest BCUT2D eigenvalue weighted by Gasteiger charge is 2.32. The van der Waals surface area contributed by atoms with Crippen molar-refractivity contribution in [2.75, 3.05) is 9.80 Å². The lowest BCUT2D eigenvalue weighted by molar-refractivity contribution is 0.478. The average Bonchev–Trinajstić information content (AvgIpc) is 0.946. The molecule has 2 fully saturated rings. The zero-order valence-corrected chi connectivity index (χ0v) is 51.8. The summed E-state index contributed by atoms with van der Waals surface area (Å²) >= 11 is 0. The van der Waals surface area contributed by atoms with Crippen LogP contribution in [0.25, 0.3) is 87.6 Å². The molecule has 4 nitrogen and oxygen atoms in total. The predicted octanol–water partition coefficient (Wildman–Crippen LogP) is 24.8. The van der Waals surface area contributed by atoms with Gasteiger partial charge < -0.3 is 19.3 Å². The van der Waals surface area contributed by atoms with E-state index in [2.05, 4.69) is 264 Å². The molecule has 0 unspecified atom stereocenters. The molecule has 88 heavy (non-hydrogen) atoms. The van der Waals surface area contributed by atoms with Gasteiger partial charge in [0.2, 0.25) is 0 Å². The van der Waals surface area contributed by atoms with Crippen molar-refractivity contribution < 1.29 is 9.52 Å². The lowest BCUT2D eigenvalue weighted by Crippen LogP contribution is -2.14. The Kier molecular flexibility index (Phi) is 14.4. The lowest BCUT2D eigenvalue weighted by Gasteiger charge is -2.32. The summed E-state index contributed by atoms with van der Waals surface area (Å²) in [7, 11) is 0. The summed E-state index contributed by atoms with van der Waals surface area (Å²) in [4.78, 5) is 4.96. The van der Waals surface area contributed by atoms with E-state index in [1.54, 1.807) is 0 Å². The fraction of sp³-hybridized carbons (Fsp3) is 0.238. The minimum Gasteiger partial charge on any atom is -0.505 e. The summed E-state index contributed by atoms with van der Waals surface area (Å²) in [6.45, 7) is 13.6. The molecule has 1 N–H and O–H groups in total. The number of hydrogen-bond acceptors (Lipinski definition) is 4. The third-order valence-corrected chi connectivity index (χ3v) is 20.2. The first kappa shape index (κ1) is 55.5. The van der Waals surface area contributed by atoms with E-state index in [9.17, 15) is 5.11 Å². The zero-order valence-electron chi connectivity index (χ0n) is 51.8. The van der Waals surface area contributed by atoms with Crippen LogP contribution in [0.4, 0.5) is 34.1 Å². The Bertz CT molecular complexity index is 4780. The molecule has 0 spiro atoms. The molecule has 0 bridgehead atoms. The number of phenolic OH excluding ortho intramolecular Hbond substituents is 1. The maximum Gasteiger partial charge on any atom is 0.159 e. The van der Waals surface area contributed by atoms with Crippen molar-refractivity contribution in [1.29, 1.82) is 0 Å². The third-order valence-electron chi connectivity index (χ3n) is 20.2. The number of phenols is 1. The summed E-state index contributed by atoms with van der Waals surface area (Å²) in [6.07, 6.45) is 11.4. The summed E-state index contributed by atoms with van der Waals surface area (Å²) in [5.74, 6) is 1.69. The number of benzene rings is 12.